The lowest BCUT2D eigenvalue weighted by molar-refractivity contribution is -0.0500. The zero-order chi connectivity index (χ0) is 15.1. The van der Waals surface area contributed by atoms with Crippen LogP contribution in [0.25, 0.3) is 10.8 Å². The molecule has 1 N–H and O–H groups in total. The molecule has 0 aliphatic carbocycles. The molecule has 0 aliphatic rings. The van der Waals surface area contributed by atoms with E-state index in [1.54, 1.807) is 0 Å². The van der Waals surface area contributed by atoms with E-state index >= 15 is 0 Å². The number of rotatable bonds is 2. The van der Waals surface area contributed by atoms with Crippen LogP contribution in [0.5, 0.6) is 5.75 Å². The maximum atomic E-state index is 13.5. The van der Waals surface area contributed by atoms with Crippen LogP contribution in [0.2, 0.25) is 0 Å². The monoisotopic (exact) mass is 311 g/mol. The fourth-order valence-electron chi connectivity index (χ4n) is 1.42. The van der Waals surface area contributed by atoms with Gasteiger partial charge in [-0.1, -0.05) is 0 Å². The SMILES string of the molecule is O=c1[nH]ccc2cc(OS(=O)(=O)C(F)(F)F)c(F)cc12. The van der Waals surface area contributed by atoms with Crippen LogP contribution in [0, 0.1) is 5.82 Å². The van der Waals surface area contributed by atoms with Crippen molar-refractivity contribution in [1.29, 1.82) is 0 Å². The Balaban J connectivity index is 2.58. The number of pyridine rings is 1. The largest absolute Gasteiger partial charge is 0.534 e. The van der Waals surface area contributed by atoms with E-state index in [2.05, 4.69) is 9.17 Å². The van der Waals surface area contributed by atoms with Crippen LogP contribution in [0.15, 0.2) is 29.2 Å². The minimum Gasteiger partial charge on any atom is -0.373 e. The molecular formula is C10H5F4NO4S. The molecule has 10 heteroatoms. The Hall–Kier alpha value is -2.10. The average Bonchev–Trinajstić information content (AvgIpc) is 2.30. The number of aromatic amines is 1. The van der Waals surface area contributed by atoms with Gasteiger partial charge in [0.1, 0.15) is 0 Å². The molecule has 0 saturated heterocycles. The van der Waals surface area contributed by atoms with Crippen LogP contribution in [0.4, 0.5) is 17.6 Å². The second kappa shape index (κ2) is 4.47. The summed E-state index contributed by atoms with van der Waals surface area (Å²) < 4.78 is 75.2. The van der Waals surface area contributed by atoms with Crippen molar-refractivity contribution in [2.45, 2.75) is 5.51 Å². The Morgan fingerprint density at radius 2 is 1.85 bits per heavy atom. The topological polar surface area (TPSA) is 76.2 Å². The van der Waals surface area contributed by atoms with Gasteiger partial charge in [-0.25, -0.2) is 4.39 Å². The molecule has 2 aromatic rings. The zero-order valence-electron chi connectivity index (χ0n) is 9.36. The van der Waals surface area contributed by atoms with Gasteiger partial charge < -0.3 is 9.17 Å². The van der Waals surface area contributed by atoms with Gasteiger partial charge in [-0.3, -0.25) is 4.79 Å². The van der Waals surface area contributed by atoms with E-state index in [4.69, 9.17) is 0 Å². The molecule has 0 atom stereocenters. The highest BCUT2D eigenvalue weighted by Crippen LogP contribution is 2.30. The number of hydrogen-bond acceptors (Lipinski definition) is 4. The average molecular weight is 311 g/mol. The van der Waals surface area contributed by atoms with E-state index in [1.165, 1.54) is 12.3 Å². The molecule has 0 bridgehead atoms. The second-order valence-electron chi connectivity index (χ2n) is 3.66. The van der Waals surface area contributed by atoms with Gasteiger partial charge >= 0.3 is 15.6 Å². The third-order valence-electron chi connectivity index (χ3n) is 2.31. The van der Waals surface area contributed by atoms with Crippen LogP contribution in [0.1, 0.15) is 0 Å². The molecule has 0 saturated carbocycles. The predicted octanol–water partition coefficient (Wildman–Crippen LogP) is 1.90. The normalized spacial score (nSPS) is 12.6. The summed E-state index contributed by atoms with van der Waals surface area (Å²) >= 11 is 0. The van der Waals surface area contributed by atoms with E-state index in [1.807, 2.05) is 0 Å². The number of halogens is 4. The first-order chi connectivity index (χ1) is 9.12. The van der Waals surface area contributed by atoms with Gasteiger partial charge in [-0.2, -0.15) is 21.6 Å². The van der Waals surface area contributed by atoms with Crippen molar-refractivity contribution in [1.82, 2.24) is 4.98 Å². The summed E-state index contributed by atoms with van der Waals surface area (Å²) in [7, 11) is -5.98. The van der Waals surface area contributed by atoms with Crippen molar-refractivity contribution in [2.75, 3.05) is 0 Å². The summed E-state index contributed by atoms with van der Waals surface area (Å²) in [6.07, 6.45) is 1.17. The minimum atomic E-state index is -5.98. The summed E-state index contributed by atoms with van der Waals surface area (Å²) in [6.45, 7) is 0. The predicted molar refractivity (Wildman–Crippen MR) is 60.1 cm³/mol. The number of H-pyrrole nitrogens is 1. The first kappa shape index (κ1) is 14.3. The molecule has 0 unspecified atom stereocenters. The van der Waals surface area contributed by atoms with Gasteiger partial charge in [0.25, 0.3) is 5.56 Å². The number of nitrogens with one attached hydrogen (secondary N) is 1. The van der Waals surface area contributed by atoms with Gasteiger partial charge in [-0.15, -0.1) is 0 Å². The van der Waals surface area contributed by atoms with E-state index in [0.717, 1.165) is 0 Å². The highest BCUT2D eigenvalue weighted by Gasteiger charge is 2.48. The van der Waals surface area contributed by atoms with Gasteiger partial charge in [0.2, 0.25) is 0 Å². The highest BCUT2D eigenvalue weighted by atomic mass is 32.2. The number of alkyl halides is 3. The summed E-state index contributed by atoms with van der Waals surface area (Å²) in [4.78, 5) is 13.6. The van der Waals surface area contributed by atoms with Crippen LogP contribution < -0.4 is 9.74 Å². The molecule has 1 heterocycles. The third-order valence-corrected chi connectivity index (χ3v) is 3.27. The first-order valence-electron chi connectivity index (χ1n) is 4.93. The highest BCUT2D eigenvalue weighted by molar-refractivity contribution is 7.88. The summed E-state index contributed by atoms with van der Waals surface area (Å²) in [6, 6.07) is 2.54. The fraction of sp³-hybridized carbons (Fsp3) is 0.100. The van der Waals surface area contributed by atoms with Crippen molar-refractivity contribution in [3.8, 4) is 5.75 Å². The van der Waals surface area contributed by atoms with Crippen LogP contribution in [-0.2, 0) is 10.1 Å². The quantitative estimate of drug-likeness (QED) is 0.522. The third kappa shape index (κ3) is 2.46. The van der Waals surface area contributed by atoms with Crippen molar-refractivity contribution in [2.24, 2.45) is 0 Å². The smallest absolute Gasteiger partial charge is 0.373 e. The summed E-state index contributed by atoms with van der Waals surface area (Å²) in [5.41, 5.74) is -6.35. The Labute approximate surface area is 108 Å². The van der Waals surface area contributed by atoms with Gasteiger partial charge in [-0.05, 0) is 23.6 Å². The number of aromatic nitrogens is 1. The van der Waals surface area contributed by atoms with Gasteiger partial charge in [0, 0.05) is 6.20 Å². The second-order valence-corrected chi connectivity index (χ2v) is 5.20. The fourth-order valence-corrected chi connectivity index (χ4v) is 1.88. The first-order valence-corrected chi connectivity index (χ1v) is 6.34. The van der Waals surface area contributed by atoms with E-state index < -0.39 is 32.8 Å². The molecule has 2 rings (SSSR count). The maximum Gasteiger partial charge on any atom is 0.534 e. The van der Waals surface area contributed by atoms with Crippen molar-refractivity contribution in [3.05, 3.63) is 40.6 Å². The molecule has 0 spiro atoms. The lowest BCUT2D eigenvalue weighted by atomic mass is 10.1. The van der Waals surface area contributed by atoms with E-state index in [9.17, 15) is 30.8 Å². The van der Waals surface area contributed by atoms with Gasteiger partial charge in [0.05, 0.1) is 5.39 Å². The molecule has 1 aromatic carbocycles. The number of benzene rings is 1. The zero-order valence-corrected chi connectivity index (χ0v) is 10.2. The van der Waals surface area contributed by atoms with Gasteiger partial charge in [0.15, 0.2) is 11.6 Å². The minimum absolute atomic E-state index is 0.0301. The molecule has 108 valence electrons. The number of fused-ring (bicyclic) bond motifs is 1. The summed E-state index contributed by atoms with van der Waals surface area (Å²) in [5, 5.41) is -0.121. The Morgan fingerprint density at radius 1 is 1.20 bits per heavy atom. The maximum absolute atomic E-state index is 13.5. The van der Waals surface area contributed by atoms with Crippen molar-refractivity contribution < 1.29 is 30.2 Å². The molecule has 0 aliphatic heterocycles. The summed E-state index contributed by atoms with van der Waals surface area (Å²) in [5.74, 6) is -2.54. The molecule has 0 amide bonds. The lowest BCUT2D eigenvalue weighted by Gasteiger charge is -2.10. The molecule has 0 radical (unpaired) electrons. The van der Waals surface area contributed by atoms with Crippen LogP contribution >= 0.6 is 0 Å². The standard InChI is InChI=1S/C10H5F4NO4S/c11-7-4-6-5(1-2-15-9(6)16)3-8(7)19-20(17,18)10(12,13)14/h1-4H,(H,15,16). The van der Waals surface area contributed by atoms with E-state index in [0.29, 0.717) is 12.1 Å². The lowest BCUT2D eigenvalue weighted by Crippen LogP contribution is -2.28. The Bertz CT molecular complexity index is 825. The van der Waals surface area contributed by atoms with Crippen LogP contribution in [0.3, 0.4) is 0 Å². The van der Waals surface area contributed by atoms with Crippen molar-refractivity contribution in [3.63, 3.8) is 0 Å². The Morgan fingerprint density at radius 3 is 2.45 bits per heavy atom. The van der Waals surface area contributed by atoms with Crippen molar-refractivity contribution >= 4 is 20.9 Å². The molecule has 20 heavy (non-hydrogen) atoms. The molecule has 5 nitrogen and oxygen atoms in total. The van der Waals surface area contributed by atoms with E-state index in [-0.39, 0.29) is 10.8 Å². The number of hydrogen-bond donors (Lipinski definition) is 1. The molecule has 0 fully saturated rings. The van der Waals surface area contributed by atoms with Crippen LogP contribution in [-0.4, -0.2) is 18.9 Å². The Kier molecular flexibility index (Phi) is 3.20. The molecule has 1 aromatic heterocycles. The molecular weight excluding hydrogens is 306 g/mol.